The van der Waals surface area contributed by atoms with E-state index in [0.717, 1.165) is 4.47 Å². The minimum Gasteiger partial charge on any atom is -0.354 e. The summed E-state index contributed by atoms with van der Waals surface area (Å²) >= 11 is 3.23. The van der Waals surface area contributed by atoms with Gasteiger partial charge in [0.25, 0.3) is 0 Å². The molecular weight excluding hydrogens is 432 g/mol. The molecule has 7 nitrogen and oxygen atoms in total. The molecule has 142 valence electrons. The van der Waals surface area contributed by atoms with Crippen LogP contribution in [0, 0.1) is 5.92 Å². The molecule has 2 N–H and O–H groups in total. The fourth-order valence-corrected chi connectivity index (χ4v) is 4.24. The average Bonchev–Trinajstić information content (AvgIpc) is 2.52. The first-order valence-corrected chi connectivity index (χ1v) is 11.8. The third kappa shape index (κ3) is 7.04. The molecule has 0 saturated heterocycles. The lowest BCUT2D eigenvalue weighted by Crippen LogP contribution is -2.50. The summed E-state index contributed by atoms with van der Waals surface area (Å²) in [6.45, 7) is 4.88. The molecule has 0 spiro atoms. The SMILES string of the molecule is CCS(=O)(=O)CCNC(=O)[C@@H](NS(=O)(=O)c1ccc(Br)cc1)C(C)C. The maximum Gasteiger partial charge on any atom is 0.241 e. The van der Waals surface area contributed by atoms with Gasteiger partial charge in [0.05, 0.1) is 10.6 Å². The van der Waals surface area contributed by atoms with Crippen molar-refractivity contribution in [3.63, 3.8) is 0 Å². The fourth-order valence-electron chi connectivity index (χ4n) is 1.93. The quantitative estimate of drug-likeness (QED) is 0.584. The molecule has 0 heterocycles. The van der Waals surface area contributed by atoms with E-state index < -0.39 is 31.8 Å². The van der Waals surface area contributed by atoms with Crippen molar-refractivity contribution in [3.8, 4) is 0 Å². The number of sulfone groups is 1. The normalized spacial score (nSPS) is 13.6. The third-order valence-corrected chi connectivity index (χ3v) is 7.20. The molecule has 10 heteroatoms. The molecule has 1 amide bonds. The van der Waals surface area contributed by atoms with Gasteiger partial charge in [0, 0.05) is 16.8 Å². The predicted octanol–water partition coefficient (Wildman–Crippen LogP) is 1.30. The zero-order chi connectivity index (χ0) is 19.3. The molecule has 0 saturated carbocycles. The molecule has 0 unspecified atom stereocenters. The molecule has 0 bridgehead atoms. The number of benzene rings is 1. The van der Waals surface area contributed by atoms with Crippen LogP contribution in [0.5, 0.6) is 0 Å². The number of halogens is 1. The zero-order valence-electron chi connectivity index (χ0n) is 14.3. The summed E-state index contributed by atoms with van der Waals surface area (Å²) in [5.74, 6) is -1.05. The highest BCUT2D eigenvalue weighted by atomic mass is 79.9. The highest BCUT2D eigenvalue weighted by Crippen LogP contribution is 2.16. The molecule has 1 rings (SSSR count). The van der Waals surface area contributed by atoms with E-state index >= 15 is 0 Å². The Morgan fingerprint density at radius 3 is 2.16 bits per heavy atom. The molecular formula is C15H23BrN2O5S2. The summed E-state index contributed by atoms with van der Waals surface area (Å²) in [5, 5.41) is 2.49. The second-order valence-electron chi connectivity index (χ2n) is 5.82. The Morgan fingerprint density at radius 2 is 1.68 bits per heavy atom. The van der Waals surface area contributed by atoms with Crippen molar-refractivity contribution >= 4 is 41.7 Å². The van der Waals surface area contributed by atoms with Crippen LogP contribution in [0.1, 0.15) is 20.8 Å². The summed E-state index contributed by atoms with van der Waals surface area (Å²) in [5.41, 5.74) is 0. The first kappa shape index (κ1) is 22.1. The lowest BCUT2D eigenvalue weighted by molar-refractivity contribution is -0.123. The van der Waals surface area contributed by atoms with E-state index in [1.54, 1.807) is 26.0 Å². The summed E-state index contributed by atoms with van der Waals surface area (Å²) in [6.07, 6.45) is 0. The van der Waals surface area contributed by atoms with Crippen LogP contribution in [0.25, 0.3) is 0 Å². The number of sulfonamides is 1. The largest absolute Gasteiger partial charge is 0.354 e. The lowest BCUT2D eigenvalue weighted by atomic mass is 10.1. The van der Waals surface area contributed by atoms with Crippen LogP contribution in [-0.2, 0) is 24.7 Å². The molecule has 25 heavy (non-hydrogen) atoms. The summed E-state index contributed by atoms with van der Waals surface area (Å²) < 4.78 is 50.9. The number of nitrogens with one attached hydrogen (secondary N) is 2. The third-order valence-electron chi connectivity index (χ3n) is 3.51. The van der Waals surface area contributed by atoms with Crippen molar-refractivity contribution in [1.29, 1.82) is 0 Å². The minimum absolute atomic E-state index is 0.00727. The second-order valence-corrected chi connectivity index (χ2v) is 10.9. The van der Waals surface area contributed by atoms with E-state index in [-0.39, 0.29) is 28.9 Å². The number of carbonyl (C=O) groups excluding carboxylic acids is 1. The van der Waals surface area contributed by atoms with E-state index in [1.807, 2.05) is 0 Å². The Bertz CT molecular complexity index is 790. The number of amides is 1. The monoisotopic (exact) mass is 454 g/mol. The lowest BCUT2D eigenvalue weighted by Gasteiger charge is -2.21. The van der Waals surface area contributed by atoms with Crippen LogP contribution in [0.4, 0.5) is 0 Å². The van der Waals surface area contributed by atoms with Crippen LogP contribution in [0.3, 0.4) is 0 Å². The van der Waals surface area contributed by atoms with Gasteiger partial charge >= 0.3 is 0 Å². The van der Waals surface area contributed by atoms with E-state index in [4.69, 9.17) is 0 Å². The molecule has 0 aliphatic heterocycles. The van der Waals surface area contributed by atoms with E-state index in [2.05, 4.69) is 26.0 Å². The smallest absolute Gasteiger partial charge is 0.241 e. The predicted molar refractivity (Wildman–Crippen MR) is 100 cm³/mol. The summed E-state index contributed by atoms with van der Waals surface area (Å²) in [7, 11) is -7.08. The zero-order valence-corrected chi connectivity index (χ0v) is 17.5. The van der Waals surface area contributed by atoms with Crippen LogP contribution in [-0.4, -0.2) is 46.8 Å². The number of hydrogen-bond donors (Lipinski definition) is 2. The van der Waals surface area contributed by atoms with Crippen molar-refractivity contribution in [2.75, 3.05) is 18.1 Å². The number of hydrogen-bond acceptors (Lipinski definition) is 5. The second kappa shape index (κ2) is 9.11. The molecule has 0 fully saturated rings. The van der Waals surface area contributed by atoms with E-state index in [9.17, 15) is 21.6 Å². The van der Waals surface area contributed by atoms with Crippen molar-refractivity contribution < 1.29 is 21.6 Å². The maximum absolute atomic E-state index is 12.4. The van der Waals surface area contributed by atoms with Gasteiger partial charge in [0.1, 0.15) is 6.04 Å². The van der Waals surface area contributed by atoms with Crippen molar-refractivity contribution in [2.24, 2.45) is 5.92 Å². The van der Waals surface area contributed by atoms with E-state index in [0.29, 0.717) is 0 Å². The van der Waals surface area contributed by atoms with Gasteiger partial charge in [-0.15, -0.1) is 0 Å². The first-order chi connectivity index (χ1) is 11.5. The Balaban J connectivity index is 2.82. The van der Waals surface area contributed by atoms with Gasteiger partial charge < -0.3 is 5.32 Å². The average molecular weight is 455 g/mol. The van der Waals surface area contributed by atoms with Gasteiger partial charge in [-0.3, -0.25) is 4.79 Å². The number of carbonyl (C=O) groups is 1. The van der Waals surface area contributed by atoms with Gasteiger partial charge in [-0.2, -0.15) is 4.72 Å². The molecule has 0 aliphatic carbocycles. The standard InChI is InChI=1S/C15H23BrN2O5S2/c1-4-24(20,21)10-9-17-15(19)14(11(2)3)18-25(22,23)13-7-5-12(16)6-8-13/h5-8,11,14,18H,4,9-10H2,1-3H3,(H,17,19)/t14-/m0/s1. The Morgan fingerprint density at radius 1 is 1.12 bits per heavy atom. The molecule has 1 aromatic carbocycles. The molecule has 0 aliphatic rings. The van der Waals surface area contributed by atoms with Crippen LogP contribution in [0.15, 0.2) is 33.6 Å². The Labute approximate surface area is 157 Å². The van der Waals surface area contributed by atoms with Crippen LogP contribution in [0.2, 0.25) is 0 Å². The Hall–Kier alpha value is -0.970. The van der Waals surface area contributed by atoms with Crippen molar-refractivity contribution in [2.45, 2.75) is 31.7 Å². The first-order valence-electron chi connectivity index (χ1n) is 7.74. The Kier molecular flexibility index (Phi) is 8.04. The molecule has 0 aromatic heterocycles. The maximum atomic E-state index is 12.4. The van der Waals surface area contributed by atoms with Crippen molar-refractivity contribution in [3.05, 3.63) is 28.7 Å². The molecule has 0 radical (unpaired) electrons. The number of rotatable bonds is 9. The topological polar surface area (TPSA) is 109 Å². The van der Waals surface area contributed by atoms with Crippen LogP contribution < -0.4 is 10.0 Å². The van der Waals surface area contributed by atoms with Gasteiger partial charge in [-0.1, -0.05) is 36.7 Å². The van der Waals surface area contributed by atoms with Gasteiger partial charge in [0.15, 0.2) is 9.84 Å². The summed E-state index contributed by atoms with van der Waals surface area (Å²) in [6, 6.07) is 5.03. The highest BCUT2D eigenvalue weighted by Gasteiger charge is 2.28. The van der Waals surface area contributed by atoms with Crippen LogP contribution >= 0.6 is 15.9 Å². The molecule has 1 atom stereocenters. The highest BCUT2D eigenvalue weighted by molar-refractivity contribution is 9.10. The fraction of sp³-hybridized carbons (Fsp3) is 0.533. The van der Waals surface area contributed by atoms with Gasteiger partial charge in [0.2, 0.25) is 15.9 Å². The van der Waals surface area contributed by atoms with Gasteiger partial charge in [-0.25, -0.2) is 16.8 Å². The minimum atomic E-state index is -3.87. The summed E-state index contributed by atoms with van der Waals surface area (Å²) in [4.78, 5) is 12.3. The molecule has 1 aromatic rings. The van der Waals surface area contributed by atoms with E-state index in [1.165, 1.54) is 19.1 Å². The van der Waals surface area contributed by atoms with Crippen molar-refractivity contribution in [1.82, 2.24) is 10.0 Å². The van der Waals surface area contributed by atoms with Gasteiger partial charge in [-0.05, 0) is 30.2 Å².